The van der Waals surface area contributed by atoms with Crippen LogP contribution in [0.3, 0.4) is 0 Å². The van der Waals surface area contributed by atoms with Gasteiger partial charge in [0.1, 0.15) is 11.6 Å². The summed E-state index contributed by atoms with van der Waals surface area (Å²) in [5, 5.41) is 28.2. The first-order valence-electron chi connectivity index (χ1n) is 8.66. The summed E-state index contributed by atoms with van der Waals surface area (Å²) in [4.78, 5) is 47.3. The number of hydrogen-bond donors (Lipinski definition) is 3. The predicted octanol–water partition coefficient (Wildman–Crippen LogP) is 1.74. The Bertz CT molecular complexity index is 703. The summed E-state index contributed by atoms with van der Waals surface area (Å²) in [7, 11) is 0. The average molecular weight is 364 g/mol. The maximum Gasteiger partial charge on any atom is 0.370 e. The van der Waals surface area contributed by atoms with E-state index in [2.05, 4.69) is 0 Å². The van der Waals surface area contributed by atoms with E-state index in [-0.39, 0.29) is 35.9 Å². The molecular weight excluding hydrogens is 340 g/mol. The number of ketones is 3. The van der Waals surface area contributed by atoms with Crippen molar-refractivity contribution in [2.45, 2.75) is 52.1 Å². The van der Waals surface area contributed by atoms with Crippen LogP contribution in [0.5, 0.6) is 0 Å². The summed E-state index contributed by atoms with van der Waals surface area (Å²) >= 11 is 0. The zero-order valence-electron chi connectivity index (χ0n) is 14.9. The van der Waals surface area contributed by atoms with Crippen LogP contribution in [0.4, 0.5) is 0 Å². The highest BCUT2D eigenvalue weighted by Gasteiger charge is 2.55. The molecule has 142 valence electrons. The molecule has 2 rings (SSSR count). The minimum Gasteiger partial charge on any atom is -0.502 e. The molecule has 2 saturated carbocycles. The van der Waals surface area contributed by atoms with Crippen molar-refractivity contribution < 1.29 is 34.5 Å². The van der Waals surface area contributed by atoms with E-state index in [4.69, 9.17) is 10.2 Å². The van der Waals surface area contributed by atoms with Crippen molar-refractivity contribution in [3.05, 3.63) is 23.5 Å². The van der Waals surface area contributed by atoms with Gasteiger partial charge in [-0.25, -0.2) is 4.79 Å². The van der Waals surface area contributed by atoms with E-state index in [1.54, 1.807) is 0 Å². The molecule has 7 nitrogen and oxygen atoms in total. The minimum absolute atomic E-state index is 0.115. The zero-order valence-corrected chi connectivity index (χ0v) is 14.9. The fourth-order valence-corrected chi connectivity index (χ4v) is 4.10. The maximum absolute atomic E-state index is 12.4. The van der Waals surface area contributed by atoms with Gasteiger partial charge in [0.25, 0.3) is 0 Å². The summed E-state index contributed by atoms with van der Waals surface area (Å²) in [6, 6.07) is 0. The Hall–Kier alpha value is -2.28. The summed E-state index contributed by atoms with van der Waals surface area (Å²) in [5.41, 5.74) is -0.450. The lowest BCUT2D eigenvalue weighted by Crippen LogP contribution is -2.47. The van der Waals surface area contributed by atoms with Gasteiger partial charge in [0.05, 0.1) is 6.10 Å². The van der Waals surface area contributed by atoms with E-state index in [0.29, 0.717) is 19.3 Å². The van der Waals surface area contributed by atoms with Gasteiger partial charge in [0, 0.05) is 30.6 Å². The van der Waals surface area contributed by atoms with Gasteiger partial charge in [-0.3, -0.25) is 14.4 Å². The first kappa shape index (κ1) is 20.0. The van der Waals surface area contributed by atoms with Gasteiger partial charge in [0.2, 0.25) is 5.76 Å². The van der Waals surface area contributed by atoms with Crippen LogP contribution in [-0.4, -0.2) is 44.7 Å². The van der Waals surface area contributed by atoms with Gasteiger partial charge in [-0.2, -0.15) is 0 Å². The lowest BCUT2D eigenvalue weighted by atomic mass is 9.61. The molecule has 0 aromatic rings. The first-order valence-corrected chi connectivity index (χ1v) is 8.66. The van der Waals surface area contributed by atoms with Gasteiger partial charge >= 0.3 is 5.97 Å². The Labute approximate surface area is 151 Å². The lowest BCUT2D eigenvalue weighted by molar-refractivity contribution is -0.142. The molecular formula is C19H24O7. The quantitative estimate of drug-likeness (QED) is 0.372. The smallest absolute Gasteiger partial charge is 0.370 e. The molecule has 2 fully saturated rings. The summed E-state index contributed by atoms with van der Waals surface area (Å²) in [6.45, 7) is 3.28. The Morgan fingerprint density at radius 1 is 1.23 bits per heavy atom. The molecule has 0 unspecified atom stereocenters. The average Bonchev–Trinajstić information content (AvgIpc) is 2.87. The second kappa shape index (κ2) is 7.53. The van der Waals surface area contributed by atoms with Crippen LogP contribution in [0.15, 0.2) is 23.5 Å². The van der Waals surface area contributed by atoms with Crippen molar-refractivity contribution in [3.63, 3.8) is 0 Å². The van der Waals surface area contributed by atoms with Crippen LogP contribution in [0.25, 0.3) is 0 Å². The third-order valence-corrected chi connectivity index (χ3v) is 5.79. The SMILES string of the molecule is CC(=CC=C(O)C(=O)O)C(=O)C[C@@H](O)[C@@H]1C(=O)CC[C@]2(C)C(=O)CC[C@@H]12. The molecule has 0 aromatic carbocycles. The molecule has 26 heavy (non-hydrogen) atoms. The number of aliphatic carboxylic acids is 1. The van der Waals surface area contributed by atoms with Gasteiger partial charge < -0.3 is 15.3 Å². The molecule has 0 saturated heterocycles. The van der Waals surface area contributed by atoms with Crippen LogP contribution in [-0.2, 0) is 19.2 Å². The van der Waals surface area contributed by atoms with Gasteiger partial charge in [-0.15, -0.1) is 0 Å². The van der Waals surface area contributed by atoms with Crippen LogP contribution in [0.1, 0.15) is 46.0 Å². The second-order valence-electron chi connectivity index (χ2n) is 7.38. The van der Waals surface area contributed by atoms with E-state index in [1.807, 2.05) is 6.92 Å². The van der Waals surface area contributed by atoms with Crippen molar-refractivity contribution >= 4 is 23.3 Å². The predicted molar refractivity (Wildman–Crippen MR) is 91.3 cm³/mol. The van der Waals surface area contributed by atoms with Gasteiger partial charge in [-0.05, 0) is 37.3 Å². The van der Waals surface area contributed by atoms with Crippen molar-refractivity contribution in [2.75, 3.05) is 0 Å². The fraction of sp³-hybridized carbons (Fsp3) is 0.579. The van der Waals surface area contributed by atoms with E-state index in [1.165, 1.54) is 6.92 Å². The summed E-state index contributed by atoms with van der Waals surface area (Å²) in [6.07, 6.45) is 2.21. The molecule has 2 aliphatic carbocycles. The van der Waals surface area contributed by atoms with Gasteiger partial charge in [-0.1, -0.05) is 13.0 Å². The van der Waals surface area contributed by atoms with E-state index >= 15 is 0 Å². The second-order valence-corrected chi connectivity index (χ2v) is 7.38. The minimum atomic E-state index is -1.51. The third kappa shape index (κ3) is 3.77. The molecule has 7 heteroatoms. The Kier molecular flexibility index (Phi) is 5.81. The Morgan fingerprint density at radius 3 is 2.50 bits per heavy atom. The number of carbonyl (C=O) groups is 4. The largest absolute Gasteiger partial charge is 0.502 e. The van der Waals surface area contributed by atoms with Crippen LogP contribution in [0, 0.1) is 17.3 Å². The van der Waals surface area contributed by atoms with E-state index in [0.717, 1.165) is 12.2 Å². The highest BCUT2D eigenvalue weighted by atomic mass is 16.4. The number of allylic oxidation sites excluding steroid dienone is 3. The number of carbonyl (C=O) groups excluding carboxylic acids is 3. The van der Waals surface area contributed by atoms with Crippen molar-refractivity contribution in [1.29, 1.82) is 0 Å². The third-order valence-electron chi connectivity index (χ3n) is 5.79. The zero-order chi connectivity index (χ0) is 19.6. The number of carboxylic acids is 1. The molecule has 4 atom stereocenters. The normalized spacial score (nSPS) is 30.9. The number of fused-ring (bicyclic) bond motifs is 1. The van der Waals surface area contributed by atoms with Crippen LogP contribution in [0.2, 0.25) is 0 Å². The molecule has 0 aliphatic heterocycles. The highest BCUT2D eigenvalue weighted by Crippen LogP contribution is 2.52. The number of hydrogen-bond acceptors (Lipinski definition) is 6. The van der Waals surface area contributed by atoms with Gasteiger partial charge in [0.15, 0.2) is 5.78 Å². The molecule has 0 heterocycles. The number of aliphatic hydroxyl groups is 2. The molecule has 0 spiro atoms. The van der Waals surface area contributed by atoms with E-state index in [9.17, 15) is 24.3 Å². The molecule has 0 aromatic heterocycles. The number of Topliss-reactive ketones (excluding diaryl/α,β-unsaturated/α-hetero) is 3. The highest BCUT2D eigenvalue weighted by molar-refractivity contribution is 5.97. The van der Waals surface area contributed by atoms with Crippen LogP contribution >= 0.6 is 0 Å². The number of rotatable bonds is 6. The maximum atomic E-state index is 12.4. The monoisotopic (exact) mass is 364 g/mol. The summed E-state index contributed by atoms with van der Waals surface area (Å²) < 4.78 is 0. The Balaban J connectivity index is 2.12. The van der Waals surface area contributed by atoms with E-state index < -0.39 is 34.9 Å². The van der Waals surface area contributed by atoms with Crippen molar-refractivity contribution in [2.24, 2.45) is 17.3 Å². The van der Waals surface area contributed by atoms with Crippen molar-refractivity contribution in [1.82, 2.24) is 0 Å². The first-order chi connectivity index (χ1) is 12.1. The van der Waals surface area contributed by atoms with Crippen molar-refractivity contribution in [3.8, 4) is 0 Å². The number of aliphatic hydroxyl groups excluding tert-OH is 2. The topological polar surface area (TPSA) is 129 Å². The van der Waals surface area contributed by atoms with Crippen LogP contribution < -0.4 is 0 Å². The molecule has 2 aliphatic rings. The fourth-order valence-electron chi connectivity index (χ4n) is 4.10. The summed E-state index contributed by atoms with van der Waals surface area (Å²) in [5.74, 6) is -3.85. The molecule has 0 amide bonds. The number of carboxylic acid groups (broad SMARTS) is 1. The Morgan fingerprint density at radius 2 is 1.88 bits per heavy atom. The molecule has 0 bridgehead atoms. The lowest BCUT2D eigenvalue weighted by Gasteiger charge is -2.41. The standard InChI is InChI=1S/C19H24O7/c1-10(3-5-13(21)18(25)26)14(22)9-15(23)17-11-4-6-16(24)19(11,2)8-7-12(17)20/h3,5,11,15,17,21,23H,4,6-9H2,1-2H3,(H,25,26)/t11-,15+,17-,19-/m0/s1. The molecule has 3 N–H and O–H groups in total. The molecule has 0 radical (unpaired) electrons.